The average Bonchev–Trinajstić information content (AvgIpc) is 3.30. The summed E-state index contributed by atoms with van der Waals surface area (Å²) in [5, 5.41) is 23.8. The molecule has 0 radical (unpaired) electrons. The monoisotopic (exact) mass is 440 g/mol. The Balaban J connectivity index is 0.000000589. The highest BCUT2D eigenvalue weighted by Gasteiger charge is 2.72. The number of rotatable bonds is 7. The molecule has 1 amide bonds. The van der Waals surface area contributed by atoms with E-state index in [4.69, 9.17) is 14.6 Å². The van der Waals surface area contributed by atoms with Crippen LogP contribution in [0.3, 0.4) is 0 Å². The number of nitrogens with two attached hydrogens (primary N) is 1. The number of thioether (sulfide) groups is 1. The number of aliphatic hydroxyl groups excluding tert-OH is 1. The highest BCUT2D eigenvalue weighted by Crippen LogP contribution is 2.55. The zero-order chi connectivity index (χ0) is 22.2. The van der Waals surface area contributed by atoms with E-state index in [0.29, 0.717) is 35.6 Å². The fraction of sp³-hybridized carbons (Fsp3) is 0.632. The van der Waals surface area contributed by atoms with Gasteiger partial charge in [-0.2, -0.15) is 11.8 Å². The van der Waals surface area contributed by atoms with Gasteiger partial charge in [0, 0.05) is 43.1 Å². The molecule has 3 heterocycles. The third kappa shape index (κ3) is 3.39. The second-order valence-corrected chi connectivity index (χ2v) is 8.83. The number of ketones is 2. The number of piperazine rings is 1. The summed E-state index contributed by atoms with van der Waals surface area (Å²) < 4.78 is 5.87. The molecule has 0 aromatic heterocycles. The highest BCUT2D eigenvalue weighted by atomic mass is 32.2. The van der Waals surface area contributed by atoms with Crippen molar-refractivity contribution >= 4 is 29.4 Å². The van der Waals surface area contributed by atoms with Gasteiger partial charge in [-0.3, -0.25) is 9.59 Å². The maximum Gasteiger partial charge on any atom is 0.402 e. The summed E-state index contributed by atoms with van der Waals surface area (Å²) in [4.78, 5) is 37.1. The Kier molecular flexibility index (Phi) is 6.46. The molecule has 2 fully saturated rings. The number of fused-ring (bicyclic) bond motifs is 4. The summed E-state index contributed by atoms with van der Waals surface area (Å²) in [6.07, 6.45) is -1.33. The third-order valence-electron chi connectivity index (χ3n) is 5.97. The molecule has 4 atom stereocenters. The fourth-order valence-corrected chi connectivity index (χ4v) is 5.28. The third-order valence-corrected chi connectivity index (χ3v) is 6.87. The number of methoxy groups -OCH3 is 1. The van der Waals surface area contributed by atoms with Crippen molar-refractivity contribution in [3.8, 4) is 0 Å². The molecule has 0 spiro atoms. The van der Waals surface area contributed by atoms with Gasteiger partial charge in [-0.05, 0) is 12.7 Å². The zero-order valence-corrected chi connectivity index (χ0v) is 18.0. The second-order valence-electron chi connectivity index (χ2n) is 7.44. The Labute approximate surface area is 178 Å². The molecule has 6 N–H and O–H groups in total. The number of hydrogen-bond donors (Lipinski definition) is 5. The lowest BCUT2D eigenvalue weighted by molar-refractivity contribution is -0.137. The summed E-state index contributed by atoms with van der Waals surface area (Å²) in [7, 11) is 1.59. The van der Waals surface area contributed by atoms with E-state index in [1.165, 1.54) is 0 Å². The van der Waals surface area contributed by atoms with Crippen LogP contribution in [0.25, 0.3) is 0 Å². The highest BCUT2D eigenvalue weighted by molar-refractivity contribution is 7.99. The number of carboxylic acid groups (broad SMARTS) is 1. The first-order valence-corrected chi connectivity index (χ1v) is 11.0. The molecule has 4 rings (SSSR count). The van der Waals surface area contributed by atoms with Crippen LogP contribution in [0.5, 0.6) is 0 Å². The minimum atomic E-state index is -1.33. The number of ether oxygens (including phenoxy) is 1. The lowest BCUT2D eigenvalue weighted by atomic mass is 9.82. The molecule has 1 aliphatic carbocycles. The van der Waals surface area contributed by atoms with Crippen molar-refractivity contribution in [1.29, 1.82) is 0 Å². The van der Waals surface area contributed by atoms with Crippen LogP contribution in [0, 0.1) is 5.92 Å². The predicted molar refractivity (Wildman–Crippen MR) is 111 cm³/mol. The van der Waals surface area contributed by atoms with Crippen molar-refractivity contribution in [1.82, 2.24) is 15.5 Å². The van der Waals surface area contributed by atoms with Gasteiger partial charge in [0.2, 0.25) is 11.6 Å². The van der Waals surface area contributed by atoms with Crippen molar-refractivity contribution in [2.24, 2.45) is 11.7 Å². The molecule has 2 saturated heterocycles. The topological polar surface area (TPSA) is 164 Å². The largest absolute Gasteiger partial charge is 0.465 e. The van der Waals surface area contributed by atoms with Crippen molar-refractivity contribution in [3.05, 3.63) is 22.5 Å². The first kappa shape index (κ1) is 22.6. The van der Waals surface area contributed by atoms with Crippen molar-refractivity contribution in [3.63, 3.8) is 0 Å². The fourth-order valence-electron chi connectivity index (χ4n) is 4.75. The molecule has 0 saturated carbocycles. The Morgan fingerprint density at radius 2 is 2.10 bits per heavy atom. The zero-order valence-electron chi connectivity index (χ0n) is 17.2. The average molecular weight is 441 g/mol. The van der Waals surface area contributed by atoms with Gasteiger partial charge < -0.3 is 36.2 Å². The number of carbonyl (C=O) groups excluding carboxylic acids is 2. The van der Waals surface area contributed by atoms with E-state index in [2.05, 4.69) is 23.3 Å². The van der Waals surface area contributed by atoms with Crippen LogP contribution in [0.4, 0.5) is 4.79 Å². The lowest BCUT2D eigenvalue weighted by Crippen LogP contribution is -2.54. The molecular weight excluding hydrogens is 412 g/mol. The molecule has 4 unspecified atom stereocenters. The van der Waals surface area contributed by atoms with Crippen molar-refractivity contribution in [2.45, 2.75) is 31.7 Å². The van der Waals surface area contributed by atoms with Crippen LogP contribution in [-0.4, -0.2) is 88.9 Å². The van der Waals surface area contributed by atoms with Gasteiger partial charge >= 0.3 is 6.09 Å². The van der Waals surface area contributed by atoms with Gasteiger partial charge in [0.15, 0.2) is 5.72 Å². The summed E-state index contributed by atoms with van der Waals surface area (Å²) in [5.41, 5.74) is 4.84. The number of allylic oxidation sites excluding steroid dienone is 2. The molecule has 3 aliphatic heterocycles. The van der Waals surface area contributed by atoms with Gasteiger partial charge in [0.25, 0.3) is 0 Å². The lowest BCUT2D eigenvalue weighted by Gasteiger charge is -2.39. The maximum absolute atomic E-state index is 13.3. The van der Waals surface area contributed by atoms with Crippen LogP contribution in [0.15, 0.2) is 22.5 Å². The molecule has 0 aromatic rings. The SMILES string of the molecule is CCSCCNC1=C(C)C(=O)C2=C(C1=O)C(CO)C1(OC)C3NC3CN21.NC(=O)O. The number of nitrogens with zero attached hydrogens (tertiary/aromatic N) is 1. The van der Waals surface area contributed by atoms with E-state index < -0.39 is 17.7 Å². The van der Waals surface area contributed by atoms with Crippen LogP contribution in [0.2, 0.25) is 0 Å². The molecule has 30 heavy (non-hydrogen) atoms. The number of hydrogen-bond acceptors (Lipinski definition) is 9. The maximum atomic E-state index is 13.3. The molecule has 0 bridgehead atoms. The molecule has 0 aromatic carbocycles. The number of primary amides is 1. The van der Waals surface area contributed by atoms with E-state index in [9.17, 15) is 14.7 Å². The number of nitrogens with one attached hydrogen (secondary N) is 2. The number of Topliss-reactive ketones (excluding diaryl/α,β-unsaturated/α-hetero) is 2. The minimum absolute atomic E-state index is 0.0357. The van der Waals surface area contributed by atoms with E-state index in [1.54, 1.807) is 25.8 Å². The van der Waals surface area contributed by atoms with E-state index >= 15 is 0 Å². The first-order valence-electron chi connectivity index (χ1n) is 9.80. The van der Waals surface area contributed by atoms with Crippen LogP contribution >= 0.6 is 11.8 Å². The van der Waals surface area contributed by atoms with Gasteiger partial charge in [-0.25, -0.2) is 4.79 Å². The Bertz CT molecular complexity index is 824. The summed E-state index contributed by atoms with van der Waals surface area (Å²) in [5.74, 6) is 1.03. The second kappa shape index (κ2) is 8.58. The minimum Gasteiger partial charge on any atom is -0.465 e. The Hall–Kier alpha value is -2.08. The van der Waals surface area contributed by atoms with Gasteiger partial charge in [-0.15, -0.1) is 0 Å². The summed E-state index contributed by atoms with van der Waals surface area (Å²) in [6, 6.07) is 0.282. The molecular formula is C19H28N4O6S. The van der Waals surface area contributed by atoms with Gasteiger partial charge in [-0.1, -0.05) is 6.92 Å². The standard InChI is InChI=1S/C18H25N3O4S.CH3NO2/c1-4-26-6-5-19-13-9(2)15(23)14-12(16(13)24)10(8-22)18(25-3)17-11(20-17)7-21(14)18;2-1(3)4/h10-11,17,19-20,22H,4-8H2,1-3H3;2H2,(H,3,4). The summed E-state index contributed by atoms with van der Waals surface area (Å²) >= 11 is 1.78. The van der Waals surface area contributed by atoms with Crippen LogP contribution in [0.1, 0.15) is 13.8 Å². The van der Waals surface area contributed by atoms with E-state index in [1.807, 2.05) is 4.90 Å². The number of amides is 1. The molecule has 11 heteroatoms. The normalized spacial score (nSPS) is 31.2. The Morgan fingerprint density at radius 3 is 2.67 bits per heavy atom. The molecule has 166 valence electrons. The first-order chi connectivity index (χ1) is 14.3. The van der Waals surface area contributed by atoms with Crippen LogP contribution in [-0.2, 0) is 14.3 Å². The molecule has 10 nitrogen and oxygen atoms in total. The smallest absolute Gasteiger partial charge is 0.402 e. The van der Waals surface area contributed by atoms with E-state index in [0.717, 1.165) is 11.5 Å². The van der Waals surface area contributed by atoms with Crippen molar-refractivity contribution in [2.75, 3.05) is 38.3 Å². The predicted octanol–water partition coefficient (Wildman–Crippen LogP) is -0.747. The Morgan fingerprint density at radius 1 is 1.43 bits per heavy atom. The molecule has 4 aliphatic rings. The summed E-state index contributed by atoms with van der Waals surface area (Å²) in [6.45, 7) is 4.81. The van der Waals surface area contributed by atoms with Gasteiger partial charge in [0.05, 0.1) is 30.0 Å². The number of carbonyl (C=O) groups is 3. The van der Waals surface area contributed by atoms with Gasteiger partial charge in [0.1, 0.15) is 0 Å². The number of aliphatic hydroxyl groups is 1. The van der Waals surface area contributed by atoms with Crippen LogP contribution < -0.4 is 16.4 Å². The quantitative estimate of drug-likeness (QED) is 0.193. The van der Waals surface area contributed by atoms with Crippen molar-refractivity contribution < 1.29 is 29.3 Å². The van der Waals surface area contributed by atoms with E-state index in [-0.39, 0.29) is 30.3 Å².